The van der Waals surface area contributed by atoms with Crippen LogP contribution >= 0.6 is 11.6 Å². The van der Waals surface area contributed by atoms with Gasteiger partial charge in [-0.25, -0.2) is 4.98 Å². The van der Waals surface area contributed by atoms with Crippen LogP contribution in [0.15, 0.2) is 40.8 Å². The molecule has 1 aromatic carbocycles. The van der Waals surface area contributed by atoms with Gasteiger partial charge in [0.1, 0.15) is 5.52 Å². The molecule has 2 aromatic heterocycles. The topological polar surface area (TPSA) is 104 Å². The highest BCUT2D eigenvalue weighted by atomic mass is 35.5. The van der Waals surface area contributed by atoms with Crippen molar-refractivity contribution in [3.63, 3.8) is 0 Å². The standard InChI is InChI=1S/C31H38ClN3O5/c1-18(2)21(29(38)39)14-26(36)34-12-13-35(31(6,7)17-34)28(37)25-16-24-27(40-25)22(30(3,4)5)15-23(33-24)19-8-10-20(32)11-9-19/h8-11,15-16,18,21H,12-14,17H2,1-7H3,(H,38,39)/t21-/m0/s1. The highest BCUT2D eigenvalue weighted by molar-refractivity contribution is 6.30. The number of aromatic nitrogens is 1. The number of pyridine rings is 1. The first-order chi connectivity index (χ1) is 18.6. The molecule has 0 radical (unpaired) electrons. The van der Waals surface area contributed by atoms with Crippen molar-refractivity contribution in [1.29, 1.82) is 0 Å². The number of piperazine rings is 1. The Balaban J connectivity index is 1.61. The molecular weight excluding hydrogens is 530 g/mol. The molecule has 1 aliphatic heterocycles. The number of rotatable bonds is 6. The average Bonchev–Trinajstić information content (AvgIpc) is 3.29. The first kappa shape index (κ1) is 29.6. The summed E-state index contributed by atoms with van der Waals surface area (Å²) in [4.78, 5) is 46.6. The third-order valence-corrected chi connectivity index (χ3v) is 7.91. The van der Waals surface area contributed by atoms with E-state index in [0.717, 1.165) is 16.8 Å². The zero-order valence-corrected chi connectivity index (χ0v) is 25.0. The summed E-state index contributed by atoms with van der Waals surface area (Å²) in [5, 5.41) is 10.2. The number of carbonyl (C=O) groups is 3. The van der Waals surface area contributed by atoms with E-state index in [-0.39, 0.29) is 35.3 Å². The number of aliphatic carboxylic acids is 1. The highest BCUT2D eigenvalue weighted by Gasteiger charge is 2.40. The fourth-order valence-corrected chi connectivity index (χ4v) is 5.38. The number of carboxylic acids is 1. The Morgan fingerprint density at radius 1 is 1.10 bits per heavy atom. The Kier molecular flexibility index (Phi) is 8.05. The van der Waals surface area contributed by atoms with Crippen LogP contribution in [0.2, 0.25) is 5.02 Å². The predicted octanol–water partition coefficient (Wildman–Crippen LogP) is 6.26. The van der Waals surface area contributed by atoms with Crippen molar-refractivity contribution in [2.24, 2.45) is 11.8 Å². The first-order valence-corrected chi connectivity index (χ1v) is 14.0. The van der Waals surface area contributed by atoms with Gasteiger partial charge >= 0.3 is 5.97 Å². The van der Waals surface area contributed by atoms with E-state index in [0.29, 0.717) is 35.8 Å². The maximum absolute atomic E-state index is 13.8. The quantitative estimate of drug-likeness (QED) is 0.377. The van der Waals surface area contributed by atoms with Crippen LogP contribution in [0, 0.1) is 11.8 Å². The van der Waals surface area contributed by atoms with Gasteiger partial charge in [0.2, 0.25) is 5.91 Å². The van der Waals surface area contributed by atoms with Crippen LogP contribution in [-0.4, -0.2) is 62.8 Å². The van der Waals surface area contributed by atoms with Crippen LogP contribution < -0.4 is 0 Å². The highest BCUT2D eigenvalue weighted by Crippen LogP contribution is 2.36. The Morgan fingerprint density at radius 3 is 2.30 bits per heavy atom. The smallest absolute Gasteiger partial charge is 0.307 e. The van der Waals surface area contributed by atoms with Gasteiger partial charge in [-0.2, -0.15) is 0 Å². The van der Waals surface area contributed by atoms with E-state index in [2.05, 4.69) is 20.8 Å². The summed E-state index contributed by atoms with van der Waals surface area (Å²) in [6, 6.07) is 11.2. The molecule has 3 aromatic rings. The van der Waals surface area contributed by atoms with E-state index < -0.39 is 17.4 Å². The Morgan fingerprint density at radius 2 is 1.75 bits per heavy atom. The van der Waals surface area contributed by atoms with Gasteiger partial charge in [0.05, 0.1) is 17.2 Å². The Labute approximate surface area is 240 Å². The van der Waals surface area contributed by atoms with Crippen LogP contribution in [0.25, 0.3) is 22.4 Å². The summed E-state index contributed by atoms with van der Waals surface area (Å²) < 4.78 is 6.20. The second-order valence-electron chi connectivity index (χ2n) is 12.6. The zero-order valence-electron chi connectivity index (χ0n) is 24.2. The SMILES string of the molecule is CC(C)[C@H](CC(=O)N1CCN(C(=O)c2cc3nc(-c4ccc(Cl)cc4)cc(C(C)(C)C)c3o2)C(C)(C)C1)C(=O)O. The van der Waals surface area contributed by atoms with Crippen LogP contribution in [-0.2, 0) is 15.0 Å². The number of fused-ring (bicyclic) bond motifs is 1. The lowest BCUT2D eigenvalue weighted by Gasteiger charge is -2.47. The summed E-state index contributed by atoms with van der Waals surface area (Å²) in [6.45, 7) is 14.6. The Hall–Kier alpha value is -3.39. The van der Waals surface area contributed by atoms with Crippen molar-refractivity contribution in [3.8, 4) is 11.3 Å². The molecule has 1 atom stereocenters. The van der Waals surface area contributed by atoms with E-state index in [4.69, 9.17) is 21.0 Å². The van der Waals surface area contributed by atoms with Crippen molar-refractivity contribution in [3.05, 3.63) is 52.7 Å². The number of carboxylic acid groups (broad SMARTS) is 1. The molecule has 1 aliphatic rings. The molecular formula is C31H38ClN3O5. The fraction of sp³-hybridized carbons (Fsp3) is 0.484. The molecule has 40 heavy (non-hydrogen) atoms. The number of hydrogen-bond donors (Lipinski definition) is 1. The van der Waals surface area contributed by atoms with E-state index in [1.165, 1.54) is 0 Å². The van der Waals surface area contributed by atoms with Gasteiger partial charge in [0, 0.05) is 48.3 Å². The van der Waals surface area contributed by atoms with E-state index in [1.807, 2.05) is 44.2 Å². The van der Waals surface area contributed by atoms with Crippen molar-refractivity contribution in [1.82, 2.24) is 14.8 Å². The van der Waals surface area contributed by atoms with Gasteiger partial charge in [-0.15, -0.1) is 0 Å². The minimum Gasteiger partial charge on any atom is -0.481 e. The molecule has 1 fully saturated rings. The molecule has 3 heterocycles. The lowest BCUT2D eigenvalue weighted by Crippen LogP contribution is -2.62. The molecule has 0 unspecified atom stereocenters. The maximum atomic E-state index is 13.8. The predicted molar refractivity (Wildman–Crippen MR) is 155 cm³/mol. The molecule has 0 saturated carbocycles. The molecule has 0 bridgehead atoms. The van der Waals surface area contributed by atoms with Gasteiger partial charge < -0.3 is 19.3 Å². The average molecular weight is 568 g/mol. The summed E-state index contributed by atoms with van der Waals surface area (Å²) in [7, 11) is 0. The van der Waals surface area contributed by atoms with Gasteiger partial charge in [-0.3, -0.25) is 14.4 Å². The molecule has 0 aliphatic carbocycles. The lowest BCUT2D eigenvalue weighted by atomic mass is 9.86. The lowest BCUT2D eigenvalue weighted by molar-refractivity contribution is -0.148. The largest absolute Gasteiger partial charge is 0.481 e. The van der Waals surface area contributed by atoms with Gasteiger partial charge in [-0.1, -0.05) is 58.4 Å². The van der Waals surface area contributed by atoms with Crippen LogP contribution in [0.1, 0.15) is 71.0 Å². The van der Waals surface area contributed by atoms with Crippen molar-refractivity contribution in [2.75, 3.05) is 19.6 Å². The third kappa shape index (κ3) is 6.02. The fourth-order valence-electron chi connectivity index (χ4n) is 5.26. The van der Waals surface area contributed by atoms with Gasteiger partial charge in [0.25, 0.3) is 5.91 Å². The maximum Gasteiger partial charge on any atom is 0.307 e. The number of carbonyl (C=O) groups excluding carboxylic acids is 2. The second kappa shape index (κ2) is 10.9. The van der Waals surface area contributed by atoms with Crippen LogP contribution in [0.5, 0.6) is 0 Å². The van der Waals surface area contributed by atoms with E-state index in [1.54, 1.807) is 29.7 Å². The van der Waals surface area contributed by atoms with E-state index >= 15 is 0 Å². The molecule has 1 saturated heterocycles. The summed E-state index contributed by atoms with van der Waals surface area (Å²) in [5.41, 5.74) is 2.84. The summed E-state index contributed by atoms with van der Waals surface area (Å²) >= 11 is 6.08. The van der Waals surface area contributed by atoms with Crippen molar-refractivity contribution < 1.29 is 23.9 Å². The number of furan rings is 1. The summed E-state index contributed by atoms with van der Waals surface area (Å²) in [5.74, 6) is -2.15. The number of amides is 2. The molecule has 8 nitrogen and oxygen atoms in total. The van der Waals surface area contributed by atoms with Gasteiger partial charge in [-0.05, 0) is 43.4 Å². The summed E-state index contributed by atoms with van der Waals surface area (Å²) in [6.07, 6.45) is -0.0577. The molecule has 2 amide bonds. The van der Waals surface area contributed by atoms with Gasteiger partial charge in [0.15, 0.2) is 11.3 Å². The van der Waals surface area contributed by atoms with Crippen LogP contribution in [0.3, 0.4) is 0 Å². The third-order valence-electron chi connectivity index (χ3n) is 7.65. The number of halogens is 1. The van der Waals surface area contributed by atoms with Crippen molar-refractivity contribution >= 4 is 40.5 Å². The Bertz CT molecular complexity index is 1440. The minimum atomic E-state index is -0.969. The number of benzene rings is 1. The monoisotopic (exact) mass is 567 g/mol. The molecule has 1 N–H and O–H groups in total. The molecule has 0 spiro atoms. The van der Waals surface area contributed by atoms with Crippen molar-refractivity contribution in [2.45, 2.75) is 65.8 Å². The first-order valence-electron chi connectivity index (χ1n) is 13.6. The number of hydrogen-bond acceptors (Lipinski definition) is 5. The molecule has 4 rings (SSSR count). The number of nitrogens with zero attached hydrogens (tertiary/aromatic N) is 3. The zero-order chi connectivity index (χ0) is 29.6. The van der Waals surface area contributed by atoms with E-state index in [9.17, 15) is 19.5 Å². The second-order valence-corrected chi connectivity index (χ2v) is 13.1. The molecule has 9 heteroatoms. The van der Waals surface area contributed by atoms with Crippen LogP contribution in [0.4, 0.5) is 0 Å². The normalized spacial score (nSPS) is 16.4. The minimum absolute atomic E-state index is 0.0577. The molecule has 214 valence electrons.